The molecule has 0 bridgehead atoms. The average Bonchev–Trinajstić information content (AvgIpc) is 2.48. The molecule has 1 saturated carbocycles. The molecule has 0 aromatic heterocycles. The Morgan fingerprint density at radius 2 is 2.29 bits per heavy atom. The number of hydrogen-bond acceptors (Lipinski definition) is 2. The van der Waals surface area contributed by atoms with E-state index in [1.54, 1.807) is 6.92 Å². The lowest BCUT2D eigenvalue weighted by Gasteiger charge is -2.52. The molecule has 0 saturated heterocycles. The molecule has 111 valence electrons. The highest BCUT2D eigenvalue weighted by molar-refractivity contribution is 5.39. The first kappa shape index (κ1) is 14.6. The minimum Gasteiger partial charge on any atom is -0.396 e. The smallest absolute Gasteiger partial charge is 0.125 e. The zero-order valence-corrected chi connectivity index (χ0v) is 12.7. The number of fused-ring (bicyclic) bond motifs is 3. The molecule has 3 rings (SSSR count). The van der Waals surface area contributed by atoms with Crippen LogP contribution in [0.2, 0.25) is 0 Å². The van der Waals surface area contributed by atoms with Gasteiger partial charge >= 0.3 is 0 Å². The van der Waals surface area contributed by atoms with Crippen LogP contribution < -0.4 is 0 Å². The molecule has 3 atom stereocenters. The summed E-state index contributed by atoms with van der Waals surface area (Å²) in [6.07, 6.45) is 5.22. The van der Waals surface area contributed by atoms with Crippen molar-refractivity contribution in [3.05, 3.63) is 35.4 Å². The van der Waals surface area contributed by atoms with Crippen LogP contribution in [0.1, 0.15) is 50.2 Å². The number of hydrogen-bond donors (Lipinski definition) is 2. The van der Waals surface area contributed by atoms with Gasteiger partial charge in [0.25, 0.3) is 0 Å². The molecule has 2 aliphatic rings. The summed E-state index contributed by atoms with van der Waals surface area (Å²) in [5, 5.41) is 20.3. The summed E-state index contributed by atoms with van der Waals surface area (Å²) in [6, 6.07) is 9.43. The molecule has 0 spiro atoms. The van der Waals surface area contributed by atoms with Gasteiger partial charge in [0.2, 0.25) is 0 Å². The lowest BCUT2D eigenvalue weighted by Crippen LogP contribution is -2.50. The highest BCUT2D eigenvalue weighted by Gasteiger charge is 2.50. The molecule has 0 aliphatic heterocycles. The molecule has 1 aromatic rings. The number of aryl methyl sites for hydroxylation is 1. The van der Waals surface area contributed by atoms with Crippen LogP contribution in [0.15, 0.2) is 18.2 Å². The van der Waals surface area contributed by atoms with E-state index in [9.17, 15) is 10.2 Å². The predicted molar refractivity (Wildman–Crippen MR) is 82.7 cm³/mol. The minimum atomic E-state index is -0.837. The molecule has 0 amide bonds. The molecule has 2 N–H and O–H groups in total. The fraction of sp³-hybridized carbons (Fsp3) is 0.579. The van der Waals surface area contributed by atoms with Crippen molar-refractivity contribution >= 4 is 0 Å². The van der Waals surface area contributed by atoms with Crippen LogP contribution in [0.5, 0.6) is 0 Å². The monoisotopic (exact) mass is 283 g/mol. The number of benzene rings is 1. The van der Waals surface area contributed by atoms with E-state index < -0.39 is 5.60 Å². The van der Waals surface area contributed by atoms with E-state index in [1.165, 1.54) is 11.1 Å². The summed E-state index contributed by atoms with van der Waals surface area (Å²) in [5.74, 6) is 6.30. The van der Waals surface area contributed by atoms with E-state index in [0.29, 0.717) is 12.3 Å². The summed E-state index contributed by atoms with van der Waals surface area (Å²) >= 11 is 0. The van der Waals surface area contributed by atoms with Crippen LogP contribution >= 0.6 is 0 Å². The van der Waals surface area contributed by atoms with Gasteiger partial charge in [0.15, 0.2) is 0 Å². The molecular weight excluding hydrogens is 260 g/mol. The number of aliphatic hydroxyl groups excluding tert-OH is 1. The molecule has 21 heavy (non-hydrogen) atoms. The van der Waals surface area contributed by atoms with Crippen LogP contribution in [0.4, 0.5) is 0 Å². The van der Waals surface area contributed by atoms with E-state index in [2.05, 4.69) is 30.0 Å². The first-order chi connectivity index (χ1) is 10.1. The second kappa shape index (κ2) is 5.48. The van der Waals surface area contributed by atoms with Crippen molar-refractivity contribution in [1.82, 2.24) is 0 Å². The highest BCUT2D eigenvalue weighted by Crippen LogP contribution is 2.54. The number of rotatable bonds is 2. The van der Waals surface area contributed by atoms with Gasteiger partial charge in [-0.05, 0) is 68.6 Å². The topological polar surface area (TPSA) is 40.5 Å². The Labute approximate surface area is 127 Å². The van der Waals surface area contributed by atoms with Crippen LogP contribution in [-0.2, 0) is 11.8 Å². The average molecular weight is 283 g/mol. The van der Waals surface area contributed by atoms with E-state index in [-0.39, 0.29) is 12.0 Å². The fourth-order valence-corrected chi connectivity index (χ4v) is 4.57. The van der Waals surface area contributed by atoms with Gasteiger partial charge in [-0.1, -0.05) is 24.1 Å². The van der Waals surface area contributed by atoms with Crippen molar-refractivity contribution < 1.29 is 10.2 Å². The van der Waals surface area contributed by atoms with E-state index in [4.69, 9.17) is 0 Å². The Hall–Kier alpha value is -1.30. The van der Waals surface area contributed by atoms with Crippen LogP contribution in [0, 0.1) is 23.8 Å². The Kier molecular flexibility index (Phi) is 3.82. The van der Waals surface area contributed by atoms with Crippen molar-refractivity contribution in [2.75, 3.05) is 6.61 Å². The third kappa shape index (κ3) is 2.39. The summed E-state index contributed by atoms with van der Waals surface area (Å²) in [6.45, 7) is 1.99. The van der Waals surface area contributed by atoms with Gasteiger partial charge < -0.3 is 10.2 Å². The lowest BCUT2D eigenvalue weighted by atomic mass is 9.53. The quantitative estimate of drug-likeness (QED) is 0.819. The van der Waals surface area contributed by atoms with E-state index >= 15 is 0 Å². The molecular formula is C19H23O2. The highest BCUT2D eigenvalue weighted by atomic mass is 16.3. The molecule has 1 fully saturated rings. The van der Waals surface area contributed by atoms with Gasteiger partial charge in [0.05, 0.1) is 0 Å². The second-order valence-electron chi connectivity index (χ2n) is 6.56. The standard InChI is InChI=1S/C19H23O2/c1-2-9-18(21)10-11-19(12-13-20)16(14-18)8-7-15-5-3-4-6-17(15)19/h4-6,16,20-21H,7-8,10-14H2,1H3. The number of aliphatic hydroxyl groups is 2. The van der Waals surface area contributed by atoms with Crippen molar-refractivity contribution in [2.45, 2.75) is 56.5 Å². The summed E-state index contributed by atoms with van der Waals surface area (Å²) in [4.78, 5) is 0. The fourth-order valence-electron chi connectivity index (χ4n) is 4.57. The minimum absolute atomic E-state index is 0.0130. The summed E-state index contributed by atoms with van der Waals surface area (Å²) in [5.41, 5.74) is 1.92. The van der Waals surface area contributed by atoms with Gasteiger partial charge in [0.1, 0.15) is 5.60 Å². The first-order valence-electron chi connectivity index (χ1n) is 7.90. The van der Waals surface area contributed by atoms with Crippen molar-refractivity contribution in [2.24, 2.45) is 5.92 Å². The summed E-state index contributed by atoms with van der Waals surface area (Å²) < 4.78 is 0. The normalized spacial score (nSPS) is 34.3. The zero-order chi connectivity index (χ0) is 14.9. The first-order valence-corrected chi connectivity index (χ1v) is 7.90. The lowest BCUT2D eigenvalue weighted by molar-refractivity contribution is -0.0153. The summed E-state index contributed by atoms with van der Waals surface area (Å²) in [7, 11) is 0. The van der Waals surface area contributed by atoms with Gasteiger partial charge in [-0.3, -0.25) is 0 Å². The molecule has 2 heteroatoms. The Morgan fingerprint density at radius 3 is 3.05 bits per heavy atom. The van der Waals surface area contributed by atoms with Crippen molar-refractivity contribution in [1.29, 1.82) is 0 Å². The Morgan fingerprint density at radius 1 is 1.43 bits per heavy atom. The van der Waals surface area contributed by atoms with Gasteiger partial charge in [-0.2, -0.15) is 0 Å². The van der Waals surface area contributed by atoms with Crippen molar-refractivity contribution in [3.8, 4) is 11.8 Å². The molecule has 1 aromatic carbocycles. The largest absolute Gasteiger partial charge is 0.396 e. The second-order valence-corrected chi connectivity index (χ2v) is 6.56. The van der Waals surface area contributed by atoms with Gasteiger partial charge in [-0.25, -0.2) is 0 Å². The van der Waals surface area contributed by atoms with E-state index in [1.807, 2.05) is 6.07 Å². The third-order valence-corrected chi connectivity index (χ3v) is 5.51. The predicted octanol–water partition coefficient (Wildman–Crippen LogP) is 2.61. The van der Waals surface area contributed by atoms with Crippen LogP contribution in [-0.4, -0.2) is 22.4 Å². The SMILES string of the molecule is CC#CC1(O)CCC2(CCO)c3cc[c]cc3CCC2C1. The third-order valence-electron chi connectivity index (χ3n) is 5.51. The maximum Gasteiger partial charge on any atom is 0.125 e. The van der Waals surface area contributed by atoms with Crippen LogP contribution in [0.25, 0.3) is 0 Å². The van der Waals surface area contributed by atoms with Crippen LogP contribution in [0.3, 0.4) is 0 Å². The zero-order valence-electron chi connectivity index (χ0n) is 12.7. The Balaban J connectivity index is 2.01. The maximum absolute atomic E-state index is 10.7. The maximum atomic E-state index is 10.7. The molecule has 2 nitrogen and oxygen atoms in total. The Bertz CT molecular complexity index is 583. The van der Waals surface area contributed by atoms with Gasteiger partial charge in [0, 0.05) is 12.0 Å². The van der Waals surface area contributed by atoms with Crippen molar-refractivity contribution in [3.63, 3.8) is 0 Å². The molecule has 2 aliphatic carbocycles. The van der Waals surface area contributed by atoms with Gasteiger partial charge in [-0.15, -0.1) is 5.92 Å². The molecule has 1 radical (unpaired) electrons. The van der Waals surface area contributed by atoms with E-state index in [0.717, 1.165) is 32.1 Å². The molecule has 3 unspecified atom stereocenters. The molecule has 0 heterocycles.